The van der Waals surface area contributed by atoms with E-state index in [-0.39, 0.29) is 11.5 Å². The van der Waals surface area contributed by atoms with E-state index in [1.807, 2.05) is 0 Å². The van der Waals surface area contributed by atoms with Crippen molar-refractivity contribution >= 4 is 0 Å². The van der Waals surface area contributed by atoms with Gasteiger partial charge in [0.1, 0.15) is 0 Å². The number of aliphatic hydroxyl groups excluding tert-OH is 1. The fourth-order valence-electron chi connectivity index (χ4n) is 3.23. The lowest BCUT2D eigenvalue weighted by atomic mass is 9.73. The fourth-order valence-corrected chi connectivity index (χ4v) is 3.23. The Morgan fingerprint density at radius 2 is 1.87 bits per heavy atom. The molecule has 0 spiro atoms. The van der Waals surface area contributed by atoms with E-state index in [9.17, 15) is 5.11 Å². The highest BCUT2D eigenvalue weighted by Gasteiger charge is 2.43. The Hall–Kier alpha value is -0.120. The molecule has 1 heterocycles. The molecule has 0 radical (unpaired) electrons. The van der Waals surface area contributed by atoms with Gasteiger partial charge < -0.3 is 15.6 Å². The number of hydrogen-bond donors (Lipinski definition) is 2. The Labute approximate surface area is 92.0 Å². The molecule has 1 unspecified atom stereocenters. The molecule has 15 heavy (non-hydrogen) atoms. The summed E-state index contributed by atoms with van der Waals surface area (Å²) in [5.41, 5.74) is 5.91. The van der Waals surface area contributed by atoms with Crippen molar-refractivity contribution in [3.63, 3.8) is 0 Å². The van der Waals surface area contributed by atoms with Crippen LogP contribution in [0.15, 0.2) is 0 Å². The third-order valence-electron chi connectivity index (χ3n) is 4.35. The Kier molecular flexibility index (Phi) is 3.65. The van der Waals surface area contributed by atoms with Gasteiger partial charge in [0.15, 0.2) is 0 Å². The monoisotopic (exact) mass is 213 g/mol. The van der Waals surface area contributed by atoms with Gasteiger partial charge >= 0.3 is 0 Å². The first-order chi connectivity index (χ1) is 7.28. The van der Waals surface area contributed by atoms with Crippen LogP contribution >= 0.6 is 0 Å². The maximum absolute atomic E-state index is 10.5. The second-order valence-electron chi connectivity index (χ2n) is 5.17. The highest BCUT2D eigenvalue weighted by molar-refractivity contribution is 4.94. The Morgan fingerprint density at radius 1 is 1.27 bits per heavy atom. The van der Waals surface area contributed by atoms with Gasteiger partial charge in [-0.05, 0) is 31.6 Å². The fraction of sp³-hybridized carbons (Fsp3) is 1.00. The van der Waals surface area contributed by atoms with Crippen LogP contribution in [0.3, 0.4) is 0 Å². The van der Waals surface area contributed by atoms with Crippen molar-refractivity contribution < 1.29 is 9.84 Å². The Balaban J connectivity index is 2.00. The maximum atomic E-state index is 10.5. The average molecular weight is 213 g/mol. The highest BCUT2D eigenvalue weighted by atomic mass is 16.5. The summed E-state index contributed by atoms with van der Waals surface area (Å²) in [6.45, 7) is 2.26. The van der Waals surface area contributed by atoms with Gasteiger partial charge in [0.05, 0.1) is 6.10 Å². The quantitative estimate of drug-likeness (QED) is 0.743. The molecule has 2 rings (SSSR count). The molecule has 1 aliphatic carbocycles. The van der Waals surface area contributed by atoms with E-state index in [0.717, 1.165) is 38.9 Å². The summed E-state index contributed by atoms with van der Waals surface area (Å²) in [7, 11) is 0. The summed E-state index contributed by atoms with van der Waals surface area (Å²) in [5, 5.41) is 10.5. The lowest BCUT2D eigenvalue weighted by Crippen LogP contribution is -2.45. The lowest BCUT2D eigenvalue weighted by Gasteiger charge is -2.39. The molecule has 0 amide bonds. The molecule has 88 valence electrons. The van der Waals surface area contributed by atoms with Crippen molar-refractivity contribution in [3.05, 3.63) is 0 Å². The van der Waals surface area contributed by atoms with Crippen molar-refractivity contribution in [2.75, 3.05) is 19.8 Å². The van der Waals surface area contributed by atoms with Crippen LogP contribution < -0.4 is 5.73 Å². The summed E-state index contributed by atoms with van der Waals surface area (Å²) < 4.78 is 5.34. The first kappa shape index (κ1) is 11.4. The van der Waals surface area contributed by atoms with E-state index in [0.29, 0.717) is 12.5 Å². The van der Waals surface area contributed by atoms with E-state index >= 15 is 0 Å². The topological polar surface area (TPSA) is 55.5 Å². The van der Waals surface area contributed by atoms with Crippen LogP contribution in [-0.4, -0.2) is 31.0 Å². The van der Waals surface area contributed by atoms with Crippen LogP contribution in [-0.2, 0) is 4.74 Å². The smallest absolute Gasteiger partial charge is 0.0638 e. The minimum atomic E-state index is -0.200. The molecule has 1 saturated heterocycles. The molecule has 0 aromatic heterocycles. The second kappa shape index (κ2) is 4.81. The van der Waals surface area contributed by atoms with Crippen molar-refractivity contribution in [1.82, 2.24) is 0 Å². The van der Waals surface area contributed by atoms with Crippen molar-refractivity contribution in [1.29, 1.82) is 0 Å². The van der Waals surface area contributed by atoms with Gasteiger partial charge in [-0.1, -0.05) is 12.8 Å². The summed E-state index contributed by atoms with van der Waals surface area (Å²) in [6.07, 6.45) is 6.50. The molecule has 0 bridgehead atoms. The first-order valence-corrected chi connectivity index (χ1v) is 6.24. The molecule has 2 aliphatic rings. The summed E-state index contributed by atoms with van der Waals surface area (Å²) >= 11 is 0. The van der Waals surface area contributed by atoms with Gasteiger partial charge in [-0.3, -0.25) is 0 Å². The minimum absolute atomic E-state index is 0.0298. The Morgan fingerprint density at radius 3 is 2.40 bits per heavy atom. The van der Waals surface area contributed by atoms with Crippen molar-refractivity contribution in [2.45, 2.75) is 44.6 Å². The average Bonchev–Trinajstić information content (AvgIpc) is 2.79. The van der Waals surface area contributed by atoms with Gasteiger partial charge in [0.25, 0.3) is 0 Å². The molecule has 3 N–H and O–H groups in total. The molecule has 0 aromatic carbocycles. The molecule has 1 aliphatic heterocycles. The zero-order valence-corrected chi connectivity index (χ0v) is 9.45. The van der Waals surface area contributed by atoms with Crippen molar-refractivity contribution in [3.8, 4) is 0 Å². The van der Waals surface area contributed by atoms with Crippen LogP contribution in [0.5, 0.6) is 0 Å². The van der Waals surface area contributed by atoms with Crippen LogP contribution in [0, 0.1) is 11.3 Å². The first-order valence-electron chi connectivity index (χ1n) is 6.24. The third kappa shape index (κ3) is 2.19. The summed E-state index contributed by atoms with van der Waals surface area (Å²) in [4.78, 5) is 0. The molecule has 1 atom stereocenters. The van der Waals surface area contributed by atoms with E-state index in [4.69, 9.17) is 10.5 Å². The third-order valence-corrected chi connectivity index (χ3v) is 4.35. The van der Waals surface area contributed by atoms with Gasteiger partial charge in [-0.15, -0.1) is 0 Å². The number of aliphatic hydroxyl groups is 1. The van der Waals surface area contributed by atoms with Crippen LogP contribution in [0.25, 0.3) is 0 Å². The van der Waals surface area contributed by atoms with Crippen LogP contribution in [0.1, 0.15) is 38.5 Å². The summed E-state index contributed by atoms with van der Waals surface area (Å²) in [6, 6.07) is 0. The zero-order chi connectivity index (χ0) is 10.7. The molecular weight excluding hydrogens is 190 g/mol. The van der Waals surface area contributed by atoms with E-state index in [1.54, 1.807) is 0 Å². The minimum Gasteiger partial charge on any atom is -0.392 e. The number of nitrogens with two attached hydrogens (primary N) is 1. The lowest BCUT2D eigenvalue weighted by molar-refractivity contribution is -0.0533. The molecule has 3 heteroatoms. The van der Waals surface area contributed by atoms with Crippen LogP contribution in [0.2, 0.25) is 0 Å². The molecule has 3 nitrogen and oxygen atoms in total. The van der Waals surface area contributed by atoms with Gasteiger partial charge in [0.2, 0.25) is 0 Å². The standard InChI is InChI=1S/C12H23NO2/c13-9-12(5-1-2-6-12)11(14)10-3-7-15-8-4-10/h10-11,14H,1-9,13H2. The number of ether oxygens (including phenoxy) is 1. The van der Waals surface area contributed by atoms with Crippen molar-refractivity contribution in [2.24, 2.45) is 17.1 Å². The predicted octanol–water partition coefficient (Wildman–Crippen LogP) is 1.29. The zero-order valence-electron chi connectivity index (χ0n) is 9.45. The number of rotatable bonds is 3. The van der Waals surface area contributed by atoms with Gasteiger partial charge in [0, 0.05) is 25.2 Å². The molecule has 0 aromatic rings. The second-order valence-corrected chi connectivity index (χ2v) is 5.17. The normalized spacial score (nSPS) is 29.2. The molecule has 2 fully saturated rings. The highest BCUT2D eigenvalue weighted by Crippen LogP contribution is 2.44. The molecular formula is C12H23NO2. The SMILES string of the molecule is NCC1(C(O)C2CCOCC2)CCCC1. The number of hydrogen-bond acceptors (Lipinski definition) is 3. The van der Waals surface area contributed by atoms with E-state index in [2.05, 4.69) is 0 Å². The maximum Gasteiger partial charge on any atom is 0.0638 e. The van der Waals surface area contributed by atoms with E-state index in [1.165, 1.54) is 12.8 Å². The van der Waals surface area contributed by atoms with Crippen LogP contribution in [0.4, 0.5) is 0 Å². The summed E-state index contributed by atoms with van der Waals surface area (Å²) in [5.74, 6) is 0.417. The Bertz CT molecular complexity index is 196. The van der Waals surface area contributed by atoms with Gasteiger partial charge in [-0.25, -0.2) is 0 Å². The molecule has 1 saturated carbocycles. The van der Waals surface area contributed by atoms with E-state index < -0.39 is 0 Å². The van der Waals surface area contributed by atoms with Gasteiger partial charge in [-0.2, -0.15) is 0 Å². The predicted molar refractivity (Wildman–Crippen MR) is 59.5 cm³/mol. The largest absolute Gasteiger partial charge is 0.392 e.